The molecule has 0 unspecified atom stereocenters. The van der Waals surface area contributed by atoms with Gasteiger partial charge in [-0.2, -0.15) is 0 Å². The normalized spacial score (nSPS) is 10.5. The Hall–Kier alpha value is -2.68. The van der Waals surface area contributed by atoms with E-state index in [0.717, 1.165) is 23.6 Å². The summed E-state index contributed by atoms with van der Waals surface area (Å²) in [4.78, 5) is 28.4. The van der Waals surface area contributed by atoms with Crippen LogP contribution in [0, 0.1) is 0 Å². The molecule has 2 rings (SSSR count). The first-order valence-electron chi connectivity index (χ1n) is 10.1. The number of imidazole rings is 1. The van der Waals surface area contributed by atoms with E-state index in [4.69, 9.17) is 9.47 Å². The van der Waals surface area contributed by atoms with Gasteiger partial charge in [-0.05, 0) is 24.7 Å². The lowest BCUT2D eigenvalue weighted by Gasteiger charge is -2.13. The highest BCUT2D eigenvalue weighted by Gasteiger charge is 2.20. The molecule has 0 aliphatic rings. The minimum absolute atomic E-state index is 0.000168. The fourth-order valence-electron chi connectivity index (χ4n) is 2.70. The van der Waals surface area contributed by atoms with Gasteiger partial charge in [-0.1, -0.05) is 55.9 Å². The van der Waals surface area contributed by atoms with Gasteiger partial charge in [-0.15, -0.1) is 0 Å². The van der Waals surface area contributed by atoms with Gasteiger partial charge in [0.2, 0.25) is 0 Å². The number of thioether (sulfide) groups is 1. The summed E-state index contributed by atoms with van der Waals surface area (Å²) in [5.74, 6) is 0. The molecule has 0 atom stereocenters. The molecule has 1 heterocycles. The Balaban J connectivity index is 2.22. The van der Waals surface area contributed by atoms with Crippen molar-refractivity contribution in [3.05, 3.63) is 47.3 Å². The molecule has 1 aromatic heterocycles. The van der Waals surface area contributed by atoms with Gasteiger partial charge < -0.3 is 24.7 Å². The fourth-order valence-corrected chi connectivity index (χ4v) is 3.29. The quantitative estimate of drug-likeness (QED) is 0.521. The highest BCUT2D eigenvalue weighted by molar-refractivity contribution is 7.98. The number of nitrogens with zero attached hydrogens (tertiary/aromatic N) is 2. The maximum absolute atomic E-state index is 12.0. The molecule has 0 bridgehead atoms. The van der Waals surface area contributed by atoms with E-state index in [2.05, 4.69) is 15.6 Å². The van der Waals surface area contributed by atoms with Crippen LogP contribution in [0.15, 0.2) is 35.5 Å². The van der Waals surface area contributed by atoms with Crippen molar-refractivity contribution in [2.75, 3.05) is 19.3 Å². The molecule has 0 spiro atoms. The molecule has 30 heavy (non-hydrogen) atoms. The number of aromatic nitrogens is 2. The summed E-state index contributed by atoms with van der Waals surface area (Å²) >= 11 is 1.49. The van der Waals surface area contributed by atoms with E-state index in [1.54, 1.807) is 0 Å². The van der Waals surface area contributed by atoms with E-state index < -0.39 is 12.2 Å². The van der Waals surface area contributed by atoms with Crippen LogP contribution >= 0.6 is 11.8 Å². The monoisotopic (exact) mass is 434 g/mol. The number of benzene rings is 1. The van der Waals surface area contributed by atoms with Crippen molar-refractivity contribution in [2.45, 2.75) is 51.6 Å². The molecule has 164 valence electrons. The van der Waals surface area contributed by atoms with E-state index in [-0.39, 0.29) is 13.2 Å². The number of nitrogens with one attached hydrogen (secondary N) is 2. The molecule has 0 radical (unpaired) electrons. The number of hydrogen-bond donors (Lipinski definition) is 2. The van der Waals surface area contributed by atoms with Crippen molar-refractivity contribution >= 4 is 23.9 Å². The molecule has 0 aliphatic carbocycles. The van der Waals surface area contributed by atoms with Crippen LogP contribution in [0.1, 0.15) is 43.6 Å². The summed E-state index contributed by atoms with van der Waals surface area (Å²) in [7, 11) is 0. The Labute approximate surface area is 181 Å². The zero-order chi connectivity index (χ0) is 21.8. The van der Waals surface area contributed by atoms with E-state index >= 15 is 0 Å². The Morgan fingerprint density at radius 2 is 1.60 bits per heavy atom. The van der Waals surface area contributed by atoms with Crippen LogP contribution < -0.4 is 10.6 Å². The predicted octanol–water partition coefficient (Wildman–Crippen LogP) is 3.93. The van der Waals surface area contributed by atoms with Gasteiger partial charge in [0.05, 0.1) is 5.69 Å². The number of alkyl carbamates (subject to hydrolysis) is 2. The molecule has 2 amide bonds. The van der Waals surface area contributed by atoms with Gasteiger partial charge in [-0.25, -0.2) is 14.6 Å². The Bertz CT molecular complexity index is 811. The lowest BCUT2D eigenvalue weighted by Crippen LogP contribution is -2.26. The van der Waals surface area contributed by atoms with Crippen LogP contribution in [0.2, 0.25) is 0 Å². The molecule has 0 fully saturated rings. The second kappa shape index (κ2) is 12.8. The molecule has 2 N–H and O–H groups in total. The molecular weight excluding hydrogens is 404 g/mol. The zero-order valence-corrected chi connectivity index (χ0v) is 18.6. The Morgan fingerprint density at radius 3 is 2.17 bits per heavy atom. The second-order valence-corrected chi connectivity index (χ2v) is 7.34. The van der Waals surface area contributed by atoms with Crippen molar-refractivity contribution in [3.8, 4) is 0 Å². The molecule has 9 heteroatoms. The topological polar surface area (TPSA) is 94.5 Å². The van der Waals surface area contributed by atoms with Crippen LogP contribution in [0.3, 0.4) is 0 Å². The summed E-state index contributed by atoms with van der Waals surface area (Å²) in [6, 6.07) is 9.96. The van der Waals surface area contributed by atoms with Crippen LogP contribution in [0.25, 0.3) is 0 Å². The number of carbonyl (C=O) groups is 2. The predicted molar refractivity (Wildman–Crippen MR) is 117 cm³/mol. The molecule has 1 aromatic carbocycles. The molecule has 0 saturated carbocycles. The van der Waals surface area contributed by atoms with Gasteiger partial charge in [0.25, 0.3) is 0 Å². The number of ether oxygens (including phenoxy) is 2. The number of carbonyl (C=O) groups excluding carboxylic acids is 2. The summed E-state index contributed by atoms with van der Waals surface area (Å²) in [5.41, 5.74) is 2.37. The summed E-state index contributed by atoms with van der Waals surface area (Å²) in [6.07, 6.45) is 2.60. The third-order valence-corrected chi connectivity index (χ3v) is 4.88. The third-order valence-electron chi connectivity index (χ3n) is 4.21. The molecule has 8 nitrogen and oxygen atoms in total. The van der Waals surface area contributed by atoms with Gasteiger partial charge in [-0.3, -0.25) is 0 Å². The molecule has 0 saturated heterocycles. The lowest BCUT2D eigenvalue weighted by molar-refractivity contribution is 0.129. The Morgan fingerprint density at radius 1 is 1.00 bits per heavy atom. The lowest BCUT2D eigenvalue weighted by atomic mass is 10.2. The number of rotatable bonds is 11. The average Bonchev–Trinajstić information content (AvgIpc) is 3.10. The largest absolute Gasteiger partial charge is 0.443 e. The van der Waals surface area contributed by atoms with Crippen molar-refractivity contribution < 1.29 is 19.1 Å². The van der Waals surface area contributed by atoms with Crippen LogP contribution in [0.4, 0.5) is 9.59 Å². The Kier molecular flexibility index (Phi) is 10.1. The molecule has 0 aliphatic heterocycles. The van der Waals surface area contributed by atoms with E-state index in [1.807, 2.05) is 55.0 Å². The van der Waals surface area contributed by atoms with Crippen LogP contribution in [0.5, 0.6) is 0 Å². The molecule has 2 aromatic rings. The van der Waals surface area contributed by atoms with Gasteiger partial charge >= 0.3 is 12.2 Å². The third kappa shape index (κ3) is 7.29. The van der Waals surface area contributed by atoms with Crippen molar-refractivity contribution in [1.29, 1.82) is 0 Å². The number of hydrogen-bond acceptors (Lipinski definition) is 6. The minimum atomic E-state index is -0.493. The summed E-state index contributed by atoms with van der Waals surface area (Å²) < 4.78 is 12.7. The van der Waals surface area contributed by atoms with Gasteiger partial charge in [0, 0.05) is 19.6 Å². The molecular formula is C21H30N4O4S. The fraction of sp³-hybridized carbons (Fsp3) is 0.476. The standard InChI is InChI=1S/C21H30N4O4S/c1-4-11-22-20(26)28-14-17-18(15-29-21(27)23-12-5-2)25(19(24-17)30-3)13-16-9-7-6-8-10-16/h6-10H,4-5,11-15H2,1-3H3,(H,22,26)(H,23,27). The van der Waals surface area contributed by atoms with Crippen molar-refractivity contribution in [2.24, 2.45) is 0 Å². The van der Waals surface area contributed by atoms with Crippen molar-refractivity contribution in [1.82, 2.24) is 20.2 Å². The van der Waals surface area contributed by atoms with E-state index in [9.17, 15) is 9.59 Å². The van der Waals surface area contributed by atoms with E-state index in [1.165, 1.54) is 11.8 Å². The van der Waals surface area contributed by atoms with Gasteiger partial charge in [0.15, 0.2) is 5.16 Å². The highest BCUT2D eigenvalue weighted by Crippen LogP contribution is 2.23. The average molecular weight is 435 g/mol. The first kappa shape index (κ1) is 23.6. The second-order valence-electron chi connectivity index (χ2n) is 6.57. The maximum atomic E-state index is 12.0. The van der Waals surface area contributed by atoms with Gasteiger partial charge in [0.1, 0.15) is 18.9 Å². The SMILES string of the molecule is CCCNC(=O)OCc1nc(SC)n(Cc2ccccc2)c1COC(=O)NCCC. The first-order chi connectivity index (χ1) is 14.6. The minimum Gasteiger partial charge on any atom is -0.443 e. The maximum Gasteiger partial charge on any atom is 0.407 e. The first-order valence-corrected chi connectivity index (χ1v) is 11.3. The smallest absolute Gasteiger partial charge is 0.407 e. The number of amides is 2. The highest BCUT2D eigenvalue weighted by atomic mass is 32.2. The van der Waals surface area contributed by atoms with E-state index in [0.29, 0.717) is 31.0 Å². The summed E-state index contributed by atoms with van der Waals surface area (Å²) in [5, 5.41) is 6.13. The van der Waals surface area contributed by atoms with Crippen molar-refractivity contribution in [3.63, 3.8) is 0 Å². The zero-order valence-electron chi connectivity index (χ0n) is 17.8. The van der Waals surface area contributed by atoms with Crippen LogP contribution in [-0.2, 0) is 29.2 Å². The van der Waals surface area contributed by atoms with Crippen LogP contribution in [-0.4, -0.2) is 41.1 Å². The summed E-state index contributed by atoms with van der Waals surface area (Å²) in [6.45, 7) is 5.64.